The van der Waals surface area contributed by atoms with Crippen molar-refractivity contribution in [3.63, 3.8) is 0 Å². The highest BCUT2D eigenvalue weighted by Gasteiger charge is 2.24. The third kappa shape index (κ3) is 2.75. The van der Waals surface area contributed by atoms with Crippen molar-refractivity contribution in [1.29, 1.82) is 0 Å². The largest absolute Gasteiger partial charge is 0.483 e. The van der Waals surface area contributed by atoms with Crippen molar-refractivity contribution in [2.24, 2.45) is 0 Å². The van der Waals surface area contributed by atoms with Gasteiger partial charge < -0.3 is 10.1 Å². The normalized spacial score (nSPS) is 18.2. The molecule has 1 aromatic carbocycles. The number of hydrogen-bond donors (Lipinski definition) is 1. The summed E-state index contributed by atoms with van der Waals surface area (Å²) >= 11 is 13.7. The van der Waals surface area contributed by atoms with Crippen LogP contribution in [0.15, 0.2) is 24.3 Å². The number of aryl methyl sites for hydroxylation is 1. The van der Waals surface area contributed by atoms with Crippen molar-refractivity contribution in [3.8, 4) is 5.75 Å². The Bertz CT molecular complexity index is 611. The van der Waals surface area contributed by atoms with Crippen LogP contribution in [0.4, 0.5) is 0 Å². The van der Waals surface area contributed by atoms with Crippen LogP contribution < -0.4 is 10.1 Å². The lowest BCUT2D eigenvalue weighted by atomic mass is 10.1. The Hall–Kier alpha value is -0.740. The molecule has 1 aliphatic heterocycles. The fourth-order valence-electron chi connectivity index (χ4n) is 2.24. The van der Waals surface area contributed by atoms with Crippen LogP contribution in [0.2, 0.25) is 10.0 Å². The first-order valence-corrected chi connectivity index (χ1v) is 7.62. The molecular weight excluding hydrogens is 301 g/mol. The van der Waals surface area contributed by atoms with E-state index < -0.39 is 0 Å². The van der Waals surface area contributed by atoms with Gasteiger partial charge in [-0.1, -0.05) is 23.2 Å². The summed E-state index contributed by atoms with van der Waals surface area (Å²) in [5, 5.41) is 4.44. The van der Waals surface area contributed by atoms with E-state index in [1.54, 1.807) is 23.5 Å². The molecular formula is C14H13Cl2NOS. The van der Waals surface area contributed by atoms with Crippen LogP contribution in [0, 0.1) is 6.92 Å². The summed E-state index contributed by atoms with van der Waals surface area (Å²) in [5.41, 5.74) is 1.33. The Labute approximate surface area is 126 Å². The van der Waals surface area contributed by atoms with Gasteiger partial charge in [-0.05, 0) is 30.7 Å². The second-order valence-electron chi connectivity index (χ2n) is 4.56. The lowest BCUT2D eigenvalue weighted by molar-refractivity contribution is 0.196. The molecule has 1 N–H and O–H groups in total. The van der Waals surface area contributed by atoms with E-state index in [9.17, 15) is 0 Å². The van der Waals surface area contributed by atoms with Crippen molar-refractivity contribution >= 4 is 34.5 Å². The Morgan fingerprint density at radius 1 is 1.26 bits per heavy atom. The van der Waals surface area contributed by atoms with Crippen LogP contribution >= 0.6 is 34.5 Å². The molecule has 1 aromatic heterocycles. The molecule has 0 radical (unpaired) electrons. The van der Waals surface area contributed by atoms with Gasteiger partial charge in [-0.15, -0.1) is 11.3 Å². The van der Waals surface area contributed by atoms with Gasteiger partial charge in [0.2, 0.25) is 0 Å². The molecule has 0 spiro atoms. The van der Waals surface area contributed by atoms with Gasteiger partial charge in [0, 0.05) is 24.0 Å². The fraction of sp³-hybridized carbons (Fsp3) is 0.286. The number of thiophene rings is 1. The molecule has 1 atom stereocenters. The lowest BCUT2D eigenvalue weighted by Crippen LogP contribution is -2.29. The van der Waals surface area contributed by atoms with Gasteiger partial charge in [-0.3, -0.25) is 0 Å². The first-order valence-electron chi connectivity index (χ1n) is 6.05. The van der Waals surface area contributed by atoms with Crippen molar-refractivity contribution in [3.05, 3.63) is 49.6 Å². The smallest absolute Gasteiger partial charge is 0.145 e. The number of ether oxygens (including phenoxy) is 1. The average Bonchev–Trinajstić information content (AvgIpc) is 2.75. The Balaban J connectivity index is 1.86. The van der Waals surface area contributed by atoms with Crippen molar-refractivity contribution in [2.45, 2.75) is 19.6 Å². The zero-order valence-electron chi connectivity index (χ0n) is 10.4. The summed E-state index contributed by atoms with van der Waals surface area (Å²) in [6.45, 7) is 3.85. The highest BCUT2D eigenvalue weighted by molar-refractivity contribution is 7.12. The lowest BCUT2D eigenvalue weighted by Gasteiger charge is -2.24. The topological polar surface area (TPSA) is 21.3 Å². The molecule has 0 aliphatic carbocycles. The van der Waals surface area contributed by atoms with Gasteiger partial charge in [0.15, 0.2) is 0 Å². The van der Waals surface area contributed by atoms with E-state index in [1.807, 2.05) is 6.07 Å². The first-order chi connectivity index (χ1) is 9.13. The number of nitrogens with one attached hydrogen (secondary N) is 1. The molecule has 2 nitrogen and oxygen atoms in total. The van der Waals surface area contributed by atoms with Crippen molar-refractivity contribution < 1.29 is 4.74 Å². The van der Waals surface area contributed by atoms with Crippen LogP contribution in [0.5, 0.6) is 5.75 Å². The highest BCUT2D eigenvalue weighted by atomic mass is 35.5. The average molecular weight is 314 g/mol. The molecule has 2 heterocycles. The fourth-order valence-corrected chi connectivity index (χ4v) is 3.60. The van der Waals surface area contributed by atoms with E-state index in [1.165, 1.54) is 15.3 Å². The minimum Gasteiger partial charge on any atom is -0.483 e. The predicted octanol–water partition coefficient (Wildman–Crippen LogP) is 4.59. The van der Waals surface area contributed by atoms with Gasteiger partial charge in [-0.2, -0.15) is 0 Å². The molecule has 100 valence electrons. The maximum atomic E-state index is 6.04. The molecule has 1 unspecified atom stereocenters. The van der Waals surface area contributed by atoms with E-state index in [0.29, 0.717) is 10.0 Å². The molecule has 1 aliphatic rings. The van der Waals surface area contributed by atoms with Crippen molar-refractivity contribution in [1.82, 2.24) is 5.32 Å². The van der Waals surface area contributed by atoms with Crippen molar-refractivity contribution in [2.75, 3.05) is 6.54 Å². The van der Waals surface area contributed by atoms with E-state index in [2.05, 4.69) is 18.3 Å². The molecule has 2 aromatic rings. The molecule has 0 fully saturated rings. The van der Waals surface area contributed by atoms with Gasteiger partial charge >= 0.3 is 0 Å². The van der Waals surface area contributed by atoms with Gasteiger partial charge in [0.1, 0.15) is 11.9 Å². The van der Waals surface area contributed by atoms with E-state index >= 15 is 0 Å². The van der Waals surface area contributed by atoms with Crippen LogP contribution in [-0.2, 0) is 6.54 Å². The second kappa shape index (κ2) is 5.33. The third-order valence-electron chi connectivity index (χ3n) is 3.07. The first kappa shape index (κ1) is 13.3. The summed E-state index contributed by atoms with van der Waals surface area (Å²) < 4.78 is 6.04. The molecule has 0 saturated carbocycles. The van der Waals surface area contributed by atoms with Crippen LogP contribution in [0.1, 0.15) is 21.4 Å². The summed E-state index contributed by atoms with van der Waals surface area (Å²) in [4.78, 5) is 2.62. The van der Waals surface area contributed by atoms with E-state index in [-0.39, 0.29) is 6.10 Å². The number of rotatable bonds is 2. The van der Waals surface area contributed by atoms with Crippen LogP contribution in [-0.4, -0.2) is 6.54 Å². The Morgan fingerprint density at radius 2 is 2.11 bits per heavy atom. The van der Waals surface area contributed by atoms with Gasteiger partial charge in [-0.25, -0.2) is 0 Å². The Morgan fingerprint density at radius 3 is 2.89 bits per heavy atom. The third-order valence-corrected chi connectivity index (χ3v) is 5.00. The quantitative estimate of drug-likeness (QED) is 0.875. The van der Waals surface area contributed by atoms with Gasteiger partial charge in [0.05, 0.1) is 14.9 Å². The summed E-state index contributed by atoms with van der Waals surface area (Å²) in [7, 11) is 0. The molecule has 5 heteroatoms. The van der Waals surface area contributed by atoms with Gasteiger partial charge in [0.25, 0.3) is 0 Å². The zero-order chi connectivity index (χ0) is 13.4. The molecule has 0 amide bonds. The Kier molecular flexibility index (Phi) is 3.72. The number of hydrogen-bond acceptors (Lipinski definition) is 3. The van der Waals surface area contributed by atoms with E-state index in [4.69, 9.17) is 27.9 Å². The molecule has 0 saturated heterocycles. The number of halogens is 2. The molecule has 19 heavy (non-hydrogen) atoms. The monoisotopic (exact) mass is 313 g/mol. The number of fused-ring (bicyclic) bond motifs is 1. The summed E-state index contributed by atoms with van der Waals surface area (Å²) in [6, 6.07) is 7.59. The number of benzene rings is 1. The summed E-state index contributed by atoms with van der Waals surface area (Å²) in [6.07, 6.45) is 0.0414. The highest BCUT2D eigenvalue weighted by Crippen LogP contribution is 2.35. The minimum atomic E-state index is 0.0414. The standard InChI is InChI=1S/C14H13Cl2NOS/c1-8-4-9-6-17-7-13(14(9)19-8)18-10-2-3-11(15)12(16)5-10/h2-5,13,17H,6-7H2,1H3. The van der Waals surface area contributed by atoms with Crippen LogP contribution in [0.3, 0.4) is 0 Å². The minimum absolute atomic E-state index is 0.0414. The molecule has 3 rings (SSSR count). The SMILES string of the molecule is Cc1cc2c(s1)C(Oc1ccc(Cl)c(Cl)c1)CNC2. The second-order valence-corrected chi connectivity index (χ2v) is 6.66. The maximum absolute atomic E-state index is 6.04. The summed E-state index contributed by atoms with van der Waals surface area (Å²) in [5.74, 6) is 0.750. The van der Waals surface area contributed by atoms with E-state index in [0.717, 1.165) is 18.8 Å². The zero-order valence-corrected chi connectivity index (χ0v) is 12.7. The predicted molar refractivity (Wildman–Crippen MR) is 80.6 cm³/mol. The van der Waals surface area contributed by atoms with Crippen LogP contribution in [0.25, 0.3) is 0 Å². The maximum Gasteiger partial charge on any atom is 0.145 e. The molecule has 0 bridgehead atoms.